The van der Waals surface area contributed by atoms with Gasteiger partial charge in [-0.3, -0.25) is 4.79 Å². The lowest BCUT2D eigenvalue weighted by molar-refractivity contribution is -0.121. The molecule has 1 atom stereocenters. The number of rotatable bonds is 7. The van der Waals surface area contributed by atoms with Gasteiger partial charge in [0.2, 0.25) is 5.91 Å². The van der Waals surface area contributed by atoms with Gasteiger partial charge in [0.1, 0.15) is 0 Å². The Balaban J connectivity index is 3.64. The smallest absolute Gasteiger partial charge is 0.234 e. The van der Waals surface area contributed by atoms with Gasteiger partial charge in [-0.05, 0) is 19.9 Å². The van der Waals surface area contributed by atoms with Gasteiger partial charge in [-0.25, -0.2) is 0 Å². The van der Waals surface area contributed by atoms with E-state index in [0.29, 0.717) is 19.5 Å². The largest absolute Gasteiger partial charge is 0.388 e. The van der Waals surface area contributed by atoms with Crippen molar-refractivity contribution in [1.82, 2.24) is 10.6 Å². The molecule has 0 rings (SSSR count). The zero-order valence-corrected chi connectivity index (χ0v) is 9.39. The minimum absolute atomic E-state index is 0.0665. The monoisotopic (exact) mass is 202 g/mol. The number of carbonyl (C=O) groups excluding carboxylic acids is 1. The predicted octanol–water partition coefficient (Wildman–Crippen LogP) is 0.263. The molecule has 0 aromatic heterocycles. The van der Waals surface area contributed by atoms with Gasteiger partial charge in [0, 0.05) is 6.54 Å². The summed E-state index contributed by atoms with van der Waals surface area (Å²) in [7, 11) is 0. The molecule has 0 fully saturated rings. The summed E-state index contributed by atoms with van der Waals surface area (Å²) in [6, 6.07) is 0. The van der Waals surface area contributed by atoms with E-state index in [1.807, 2.05) is 13.8 Å². The highest BCUT2D eigenvalue weighted by molar-refractivity contribution is 5.78. The molecule has 0 radical (unpaired) electrons. The normalized spacial score (nSPS) is 14.9. The zero-order chi connectivity index (χ0) is 11.0. The number of nitrogens with one attached hydrogen (secondary N) is 2. The summed E-state index contributed by atoms with van der Waals surface area (Å²) < 4.78 is 0. The Bertz CT molecular complexity index is 170. The molecule has 14 heavy (non-hydrogen) atoms. The molecule has 0 saturated heterocycles. The van der Waals surface area contributed by atoms with Crippen LogP contribution in [0.15, 0.2) is 0 Å². The predicted molar refractivity (Wildman–Crippen MR) is 57.1 cm³/mol. The molecular weight excluding hydrogens is 180 g/mol. The molecule has 3 N–H and O–H groups in total. The summed E-state index contributed by atoms with van der Waals surface area (Å²) in [5, 5.41) is 15.4. The van der Waals surface area contributed by atoms with Gasteiger partial charge in [0.25, 0.3) is 0 Å². The molecule has 1 amide bonds. The van der Waals surface area contributed by atoms with Crippen LogP contribution < -0.4 is 10.6 Å². The standard InChI is InChI=1S/C10H22N2O2/c1-4-6-10(3,14)8-12-9(13)7-11-5-2/h11,14H,4-8H2,1-3H3,(H,12,13). The Labute approximate surface area is 86.1 Å². The van der Waals surface area contributed by atoms with Crippen molar-refractivity contribution < 1.29 is 9.90 Å². The van der Waals surface area contributed by atoms with E-state index in [1.165, 1.54) is 0 Å². The van der Waals surface area contributed by atoms with Crippen LogP contribution in [0.2, 0.25) is 0 Å². The Morgan fingerprint density at radius 1 is 1.43 bits per heavy atom. The second-order valence-electron chi connectivity index (χ2n) is 3.80. The average molecular weight is 202 g/mol. The molecule has 0 aromatic rings. The van der Waals surface area contributed by atoms with E-state index in [0.717, 1.165) is 13.0 Å². The van der Waals surface area contributed by atoms with Crippen LogP contribution in [0.25, 0.3) is 0 Å². The number of carbonyl (C=O) groups is 1. The van der Waals surface area contributed by atoms with Gasteiger partial charge in [0.15, 0.2) is 0 Å². The minimum Gasteiger partial charge on any atom is -0.388 e. The lowest BCUT2D eigenvalue weighted by atomic mass is 10.0. The number of hydrogen-bond donors (Lipinski definition) is 3. The highest BCUT2D eigenvalue weighted by atomic mass is 16.3. The molecule has 0 aromatic carbocycles. The van der Waals surface area contributed by atoms with E-state index in [9.17, 15) is 9.90 Å². The first-order valence-corrected chi connectivity index (χ1v) is 5.21. The summed E-state index contributed by atoms with van der Waals surface area (Å²) >= 11 is 0. The van der Waals surface area contributed by atoms with Crippen LogP contribution in [0.5, 0.6) is 0 Å². The summed E-state index contributed by atoms with van der Waals surface area (Å²) in [6.45, 7) is 7.11. The van der Waals surface area contributed by atoms with E-state index < -0.39 is 5.60 Å². The van der Waals surface area contributed by atoms with Gasteiger partial charge in [-0.2, -0.15) is 0 Å². The Hall–Kier alpha value is -0.610. The lowest BCUT2D eigenvalue weighted by Gasteiger charge is -2.22. The van der Waals surface area contributed by atoms with Gasteiger partial charge in [-0.1, -0.05) is 20.3 Å². The number of hydrogen-bond acceptors (Lipinski definition) is 3. The number of likely N-dealkylation sites (N-methyl/N-ethyl adjacent to an activating group) is 1. The molecule has 0 aliphatic heterocycles. The third kappa shape index (κ3) is 6.86. The van der Waals surface area contributed by atoms with Crippen molar-refractivity contribution >= 4 is 5.91 Å². The topological polar surface area (TPSA) is 61.4 Å². The van der Waals surface area contributed by atoms with E-state index in [4.69, 9.17) is 0 Å². The zero-order valence-electron chi connectivity index (χ0n) is 9.39. The first-order valence-electron chi connectivity index (χ1n) is 5.21. The van der Waals surface area contributed by atoms with Gasteiger partial charge in [0.05, 0.1) is 12.1 Å². The summed E-state index contributed by atoms with van der Waals surface area (Å²) in [5.41, 5.74) is -0.781. The van der Waals surface area contributed by atoms with Crippen LogP contribution in [0.1, 0.15) is 33.6 Å². The third-order valence-corrected chi connectivity index (χ3v) is 1.99. The fourth-order valence-corrected chi connectivity index (χ4v) is 1.22. The van der Waals surface area contributed by atoms with E-state index in [2.05, 4.69) is 10.6 Å². The maximum Gasteiger partial charge on any atom is 0.234 e. The van der Waals surface area contributed by atoms with Crippen molar-refractivity contribution in [2.45, 2.75) is 39.2 Å². The molecule has 0 aliphatic carbocycles. The Morgan fingerprint density at radius 2 is 2.07 bits per heavy atom. The van der Waals surface area contributed by atoms with Crippen molar-refractivity contribution in [2.75, 3.05) is 19.6 Å². The summed E-state index contributed by atoms with van der Waals surface area (Å²) in [6.07, 6.45) is 1.62. The van der Waals surface area contributed by atoms with Crippen LogP contribution in [-0.2, 0) is 4.79 Å². The van der Waals surface area contributed by atoms with E-state index in [-0.39, 0.29) is 5.91 Å². The quantitative estimate of drug-likeness (QED) is 0.555. The SMILES string of the molecule is CCCC(C)(O)CNC(=O)CNCC. The molecule has 0 heterocycles. The average Bonchev–Trinajstić information content (AvgIpc) is 2.11. The summed E-state index contributed by atoms with van der Waals surface area (Å²) in [5.74, 6) is -0.0665. The van der Waals surface area contributed by atoms with E-state index in [1.54, 1.807) is 6.92 Å². The van der Waals surface area contributed by atoms with E-state index >= 15 is 0 Å². The van der Waals surface area contributed by atoms with Crippen LogP contribution in [0.3, 0.4) is 0 Å². The Kier molecular flexibility index (Phi) is 6.49. The first kappa shape index (κ1) is 13.4. The van der Waals surface area contributed by atoms with Gasteiger partial charge >= 0.3 is 0 Å². The van der Waals surface area contributed by atoms with Crippen LogP contribution in [0.4, 0.5) is 0 Å². The van der Waals surface area contributed by atoms with Crippen LogP contribution in [0, 0.1) is 0 Å². The highest BCUT2D eigenvalue weighted by Crippen LogP contribution is 2.09. The van der Waals surface area contributed by atoms with Crippen molar-refractivity contribution in [3.8, 4) is 0 Å². The fraction of sp³-hybridized carbons (Fsp3) is 0.900. The molecule has 1 unspecified atom stereocenters. The molecule has 4 nitrogen and oxygen atoms in total. The minimum atomic E-state index is -0.781. The molecule has 84 valence electrons. The molecule has 0 bridgehead atoms. The van der Waals surface area contributed by atoms with Crippen molar-refractivity contribution in [1.29, 1.82) is 0 Å². The highest BCUT2D eigenvalue weighted by Gasteiger charge is 2.19. The second kappa shape index (κ2) is 6.79. The Morgan fingerprint density at radius 3 is 2.57 bits per heavy atom. The summed E-state index contributed by atoms with van der Waals surface area (Å²) in [4.78, 5) is 11.2. The third-order valence-electron chi connectivity index (χ3n) is 1.99. The maximum absolute atomic E-state index is 11.2. The first-order chi connectivity index (χ1) is 6.52. The number of amides is 1. The van der Waals surface area contributed by atoms with Gasteiger partial charge < -0.3 is 15.7 Å². The molecule has 4 heteroatoms. The molecular formula is C10H22N2O2. The van der Waals surface area contributed by atoms with Crippen molar-refractivity contribution in [2.24, 2.45) is 0 Å². The van der Waals surface area contributed by atoms with Crippen LogP contribution in [-0.4, -0.2) is 36.2 Å². The number of aliphatic hydroxyl groups is 1. The second-order valence-corrected chi connectivity index (χ2v) is 3.80. The fourth-order valence-electron chi connectivity index (χ4n) is 1.22. The molecule has 0 saturated carbocycles. The van der Waals surface area contributed by atoms with Crippen LogP contribution >= 0.6 is 0 Å². The lowest BCUT2D eigenvalue weighted by Crippen LogP contribution is -2.43. The van der Waals surface area contributed by atoms with Crippen molar-refractivity contribution in [3.63, 3.8) is 0 Å². The van der Waals surface area contributed by atoms with Crippen molar-refractivity contribution in [3.05, 3.63) is 0 Å². The molecule has 0 aliphatic rings. The van der Waals surface area contributed by atoms with Gasteiger partial charge in [-0.15, -0.1) is 0 Å². The molecule has 0 spiro atoms. The maximum atomic E-state index is 11.2.